The van der Waals surface area contributed by atoms with Crippen LogP contribution in [-0.4, -0.2) is 92.4 Å². The van der Waals surface area contributed by atoms with Crippen molar-refractivity contribution in [2.45, 2.75) is 113 Å². The van der Waals surface area contributed by atoms with Crippen LogP contribution in [0.4, 0.5) is 0 Å². The van der Waals surface area contributed by atoms with Gasteiger partial charge in [0.15, 0.2) is 6.29 Å². The summed E-state index contributed by atoms with van der Waals surface area (Å²) in [6.45, 7) is 2.68. The van der Waals surface area contributed by atoms with E-state index in [9.17, 15) is 39.9 Å². The van der Waals surface area contributed by atoms with E-state index in [1.54, 1.807) is 6.07 Å². The van der Waals surface area contributed by atoms with Crippen molar-refractivity contribution in [2.75, 3.05) is 6.61 Å². The van der Waals surface area contributed by atoms with E-state index in [4.69, 9.17) is 18.6 Å². The number of allylic oxidation sites excluding steroid dienone is 1. The van der Waals surface area contributed by atoms with Crippen LogP contribution < -0.4 is 5.63 Å². The molecule has 0 radical (unpaired) electrons. The number of carbonyl (C=O) groups is 2. The lowest BCUT2D eigenvalue weighted by Gasteiger charge is -2.65. The lowest BCUT2D eigenvalue weighted by molar-refractivity contribution is -0.343. The quantitative estimate of drug-likeness (QED) is 0.130. The lowest BCUT2D eigenvalue weighted by Crippen LogP contribution is -2.69. The van der Waals surface area contributed by atoms with Crippen molar-refractivity contribution >= 4 is 12.3 Å². The van der Waals surface area contributed by atoms with E-state index >= 15 is 0 Å². The zero-order valence-electron chi connectivity index (χ0n) is 24.9. The van der Waals surface area contributed by atoms with E-state index in [2.05, 4.69) is 0 Å². The molecular formula is C32H42O12. The molecule has 4 fully saturated rings. The Balaban J connectivity index is 1.38. The van der Waals surface area contributed by atoms with E-state index in [-0.39, 0.29) is 24.7 Å². The normalized spacial score (nSPS) is 48.1. The molecule has 2 heterocycles. The highest BCUT2D eigenvalue weighted by molar-refractivity contribution is 5.67. The van der Waals surface area contributed by atoms with Crippen molar-refractivity contribution in [1.29, 1.82) is 0 Å². The van der Waals surface area contributed by atoms with Crippen LogP contribution in [0.2, 0.25) is 0 Å². The molecule has 4 aliphatic carbocycles. The van der Waals surface area contributed by atoms with E-state index in [1.807, 2.05) is 19.1 Å². The van der Waals surface area contributed by atoms with Crippen molar-refractivity contribution < 1.29 is 53.7 Å². The summed E-state index contributed by atoms with van der Waals surface area (Å²) >= 11 is 0. The maximum Gasteiger partial charge on any atom is 0.335 e. The van der Waals surface area contributed by atoms with E-state index in [0.717, 1.165) is 6.29 Å². The molecule has 13 unspecified atom stereocenters. The third-order valence-corrected chi connectivity index (χ3v) is 11.8. The number of fused-ring (bicyclic) bond motifs is 5. The first-order valence-corrected chi connectivity index (χ1v) is 15.5. The number of ether oxygens (including phenoxy) is 3. The summed E-state index contributed by atoms with van der Waals surface area (Å²) in [5.74, 6) is -1.69. The average Bonchev–Trinajstić information content (AvgIpc) is 3.23. The van der Waals surface area contributed by atoms with Gasteiger partial charge in [0.25, 0.3) is 0 Å². The number of hydrogen-bond donors (Lipinski definition) is 5. The topological polar surface area (TPSA) is 193 Å². The molecular weight excluding hydrogens is 576 g/mol. The molecule has 0 bridgehead atoms. The van der Waals surface area contributed by atoms with Crippen molar-refractivity contribution in [2.24, 2.45) is 22.7 Å². The zero-order chi connectivity index (χ0) is 31.7. The Kier molecular flexibility index (Phi) is 7.96. The molecule has 6 rings (SSSR count). The highest BCUT2D eigenvalue weighted by atomic mass is 16.7. The third-order valence-electron chi connectivity index (χ3n) is 11.8. The summed E-state index contributed by atoms with van der Waals surface area (Å²) in [5, 5.41) is 54.1. The van der Waals surface area contributed by atoms with Crippen LogP contribution in [0.25, 0.3) is 0 Å². The number of carbonyl (C=O) groups excluding carboxylic acids is 2. The molecule has 242 valence electrons. The summed E-state index contributed by atoms with van der Waals surface area (Å²) in [6, 6.07) is 2.96. The van der Waals surface area contributed by atoms with E-state index in [1.165, 1.54) is 19.3 Å². The van der Waals surface area contributed by atoms with Crippen LogP contribution in [0.5, 0.6) is 0 Å². The molecule has 0 amide bonds. The molecule has 3 saturated carbocycles. The van der Waals surface area contributed by atoms with Gasteiger partial charge in [0.2, 0.25) is 0 Å². The monoisotopic (exact) mass is 618 g/mol. The molecule has 12 nitrogen and oxygen atoms in total. The second-order valence-electron chi connectivity index (χ2n) is 13.7. The van der Waals surface area contributed by atoms with E-state index in [0.29, 0.717) is 37.7 Å². The SMILES string of the molecule is CC(=O)OC1CC2(O)C3CCC4(OC5OC(CO)C(O)C(O)C5O)C=CCCC4(C=O)C3CCC2(C)C1c1ccc(=O)oc1. The Morgan fingerprint density at radius 2 is 1.84 bits per heavy atom. The second kappa shape index (κ2) is 11.1. The van der Waals surface area contributed by atoms with Gasteiger partial charge in [-0.15, -0.1) is 0 Å². The number of aliphatic hydroxyl groups is 5. The summed E-state index contributed by atoms with van der Waals surface area (Å²) in [7, 11) is 0. The predicted molar refractivity (Wildman–Crippen MR) is 151 cm³/mol. The van der Waals surface area contributed by atoms with Gasteiger partial charge in [-0.05, 0) is 62.0 Å². The maximum atomic E-state index is 13.4. The highest BCUT2D eigenvalue weighted by Gasteiger charge is 2.73. The fourth-order valence-corrected chi connectivity index (χ4v) is 9.76. The Bertz CT molecular complexity index is 1340. The number of hydrogen-bond acceptors (Lipinski definition) is 12. The average molecular weight is 619 g/mol. The molecule has 0 aromatic carbocycles. The fourth-order valence-electron chi connectivity index (χ4n) is 9.76. The van der Waals surface area contributed by atoms with Crippen LogP contribution in [-0.2, 0) is 23.8 Å². The summed E-state index contributed by atoms with van der Waals surface area (Å²) in [4.78, 5) is 37.4. The Hall–Kier alpha value is -2.45. The fraction of sp³-hybridized carbons (Fsp3) is 0.719. The minimum Gasteiger partial charge on any atom is -0.462 e. The Morgan fingerprint density at radius 1 is 1.09 bits per heavy atom. The van der Waals surface area contributed by atoms with Crippen LogP contribution in [0, 0.1) is 22.7 Å². The smallest absolute Gasteiger partial charge is 0.335 e. The molecule has 1 aromatic rings. The molecule has 1 aliphatic heterocycles. The molecule has 5 N–H and O–H groups in total. The summed E-state index contributed by atoms with van der Waals surface area (Å²) < 4.78 is 23.2. The van der Waals surface area contributed by atoms with Gasteiger partial charge < -0.3 is 49.0 Å². The molecule has 44 heavy (non-hydrogen) atoms. The predicted octanol–water partition coefficient (Wildman–Crippen LogP) is 0.707. The molecule has 13 atom stereocenters. The van der Waals surface area contributed by atoms with Gasteiger partial charge >= 0.3 is 11.6 Å². The molecule has 1 saturated heterocycles. The molecule has 0 spiro atoms. The molecule has 5 aliphatic rings. The standard InChI is InChI=1S/C32H42O12/c1-17(35)42-21-13-32(40)20-8-12-31(44-28-27(39)26(38)25(37)22(14-33)43-28)10-4-3-9-30(31,16-34)19(20)7-11-29(32,2)24(21)18-5-6-23(36)41-15-18/h4-6,10,15-16,19-22,24-28,33,37-40H,3,7-9,11-14H2,1-2H3. The largest absolute Gasteiger partial charge is 0.462 e. The van der Waals surface area contributed by atoms with Crippen molar-refractivity contribution in [1.82, 2.24) is 0 Å². The second-order valence-corrected chi connectivity index (χ2v) is 13.7. The van der Waals surface area contributed by atoms with Gasteiger partial charge in [0, 0.05) is 30.7 Å². The van der Waals surface area contributed by atoms with Crippen molar-refractivity contribution in [3.63, 3.8) is 0 Å². The van der Waals surface area contributed by atoms with E-state index < -0.39 is 83.0 Å². The van der Waals surface area contributed by atoms with Crippen molar-refractivity contribution in [3.05, 3.63) is 46.5 Å². The van der Waals surface area contributed by atoms with Crippen LogP contribution in [0.1, 0.15) is 70.3 Å². The van der Waals surface area contributed by atoms with Gasteiger partial charge in [-0.3, -0.25) is 4.79 Å². The van der Waals surface area contributed by atoms with Gasteiger partial charge in [-0.2, -0.15) is 0 Å². The van der Waals surface area contributed by atoms with Gasteiger partial charge in [-0.1, -0.05) is 19.1 Å². The maximum absolute atomic E-state index is 13.4. The van der Waals surface area contributed by atoms with Gasteiger partial charge in [-0.25, -0.2) is 4.79 Å². The van der Waals surface area contributed by atoms with Crippen LogP contribution in [0.15, 0.2) is 39.8 Å². The number of aldehydes is 1. The Morgan fingerprint density at radius 3 is 2.50 bits per heavy atom. The molecule has 12 heteroatoms. The zero-order valence-corrected chi connectivity index (χ0v) is 24.9. The third kappa shape index (κ3) is 4.40. The number of esters is 1. The van der Waals surface area contributed by atoms with Gasteiger partial charge in [0.1, 0.15) is 42.4 Å². The summed E-state index contributed by atoms with van der Waals surface area (Å²) in [6.07, 6.45) is 0.755. The first kappa shape index (κ1) is 31.5. The van der Waals surface area contributed by atoms with Crippen LogP contribution in [0.3, 0.4) is 0 Å². The first-order chi connectivity index (χ1) is 20.9. The lowest BCUT2D eigenvalue weighted by atomic mass is 9.42. The minimum atomic E-state index is -1.64. The van der Waals surface area contributed by atoms with Crippen molar-refractivity contribution in [3.8, 4) is 0 Å². The van der Waals surface area contributed by atoms with Gasteiger partial charge in [0.05, 0.1) is 23.9 Å². The Labute approximate surface area is 254 Å². The highest BCUT2D eigenvalue weighted by Crippen LogP contribution is 2.71. The first-order valence-electron chi connectivity index (χ1n) is 15.5. The number of rotatable bonds is 6. The summed E-state index contributed by atoms with van der Waals surface area (Å²) in [5.41, 5.74) is -4.39. The van der Waals surface area contributed by atoms with Crippen LogP contribution >= 0.6 is 0 Å². The minimum absolute atomic E-state index is 0.138. The number of aliphatic hydroxyl groups excluding tert-OH is 4. The molecule has 1 aromatic heterocycles.